The lowest BCUT2D eigenvalue weighted by Crippen LogP contribution is -2.18. The van der Waals surface area contributed by atoms with Gasteiger partial charge >= 0.3 is 0 Å². The lowest BCUT2D eigenvalue weighted by Gasteiger charge is -2.35. The highest BCUT2D eigenvalue weighted by atomic mass is 16.5. The number of anilines is 9. The Morgan fingerprint density at radius 3 is 1.31 bits per heavy atom. The Balaban J connectivity index is 1.07. The monoisotopic (exact) mass is 835 g/mol. The third-order valence-corrected chi connectivity index (χ3v) is 12.2. The Morgan fingerprint density at radius 2 is 0.723 bits per heavy atom. The van der Waals surface area contributed by atoms with Crippen molar-refractivity contribution in [2.45, 2.75) is 0 Å². The predicted molar refractivity (Wildman–Crippen MR) is 269 cm³/mol. The van der Waals surface area contributed by atoms with Gasteiger partial charge in [0.1, 0.15) is 11.2 Å². The highest BCUT2D eigenvalue weighted by Gasteiger charge is 2.28. The summed E-state index contributed by atoms with van der Waals surface area (Å²) >= 11 is 0. The van der Waals surface area contributed by atoms with Gasteiger partial charge in [-0.3, -0.25) is 0 Å². The summed E-state index contributed by atoms with van der Waals surface area (Å²) in [6, 6.07) is 87.7. The van der Waals surface area contributed by atoms with Crippen LogP contribution in [-0.4, -0.2) is 0 Å². The summed E-state index contributed by atoms with van der Waals surface area (Å²) in [5.41, 5.74) is 15.4. The van der Waals surface area contributed by atoms with Gasteiger partial charge < -0.3 is 23.9 Å². The van der Waals surface area contributed by atoms with E-state index in [1.165, 1.54) is 5.56 Å². The molecule has 1 aliphatic rings. The van der Waals surface area contributed by atoms with Crippen LogP contribution in [0.15, 0.2) is 253 Å². The fourth-order valence-electron chi connectivity index (χ4n) is 9.14. The minimum absolute atomic E-state index is 0.798. The van der Waals surface area contributed by atoms with E-state index in [0.29, 0.717) is 0 Å². The molecule has 12 rings (SSSR count). The molecule has 0 N–H and O–H groups in total. The number of furan rings is 1. The maximum Gasteiger partial charge on any atom is 0.151 e. The van der Waals surface area contributed by atoms with E-state index < -0.39 is 0 Å². The molecule has 5 nitrogen and oxygen atoms in total. The minimum Gasteiger partial charge on any atom is -0.456 e. The van der Waals surface area contributed by atoms with Crippen LogP contribution in [0, 0.1) is 0 Å². The number of hydrogen-bond acceptors (Lipinski definition) is 5. The average molecular weight is 836 g/mol. The van der Waals surface area contributed by atoms with Crippen molar-refractivity contribution in [2.24, 2.45) is 0 Å². The van der Waals surface area contributed by atoms with Crippen LogP contribution in [0.1, 0.15) is 0 Å². The maximum absolute atomic E-state index is 6.53. The molecule has 308 valence electrons. The molecule has 1 aliphatic heterocycles. The van der Waals surface area contributed by atoms with Crippen LogP contribution in [0.2, 0.25) is 0 Å². The van der Waals surface area contributed by atoms with E-state index in [9.17, 15) is 0 Å². The second-order valence-corrected chi connectivity index (χ2v) is 16.2. The summed E-state index contributed by atoms with van der Waals surface area (Å²) in [6.07, 6.45) is 0. The molecule has 0 spiro atoms. The molecule has 0 amide bonds. The van der Waals surface area contributed by atoms with Crippen molar-refractivity contribution in [3.05, 3.63) is 249 Å². The number of nitrogens with zero attached hydrogens (tertiary/aromatic N) is 3. The van der Waals surface area contributed by atoms with Crippen LogP contribution in [0.5, 0.6) is 11.5 Å². The van der Waals surface area contributed by atoms with Gasteiger partial charge in [0, 0.05) is 33.5 Å². The minimum atomic E-state index is 0.798. The molecule has 0 radical (unpaired) electrons. The SMILES string of the molecule is c1ccc(-c2ccc(N(c3ccc(-c4ccc5oc6ccccc6c5c4)cc3)c3cc(N(c4ccccc4)c4ccccc4)cc(N4c5ccccc5Oc5ccccc54)c3)cc2)cc1. The van der Waals surface area contributed by atoms with Crippen molar-refractivity contribution < 1.29 is 9.15 Å². The van der Waals surface area contributed by atoms with Crippen LogP contribution in [0.4, 0.5) is 51.2 Å². The first-order valence-corrected chi connectivity index (χ1v) is 21.9. The Morgan fingerprint density at radius 1 is 0.292 bits per heavy atom. The molecule has 0 unspecified atom stereocenters. The highest BCUT2D eigenvalue weighted by Crippen LogP contribution is 2.53. The smallest absolute Gasteiger partial charge is 0.151 e. The van der Waals surface area contributed by atoms with Gasteiger partial charge in [-0.1, -0.05) is 140 Å². The third kappa shape index (κ3) is 7.02. The van der Waals surface area contributed by atoms with E-state index in [1.54, 1.807) is 0 Å². The van der Waals surface area contributed by atoms with Gasteiger partial charge in [0.15, 0.2) is 11.5 Å². The lowest BCUT2D eigenvalue weighted by molar-refractivity contribution is 0.477. The van der Waals surface area contributed by atoms with Crippen molar-refractivity contribution in [1.29, 1.82) is 0 Å². The lowest BCUT2D eigenvalue weighted by atomic mass is 10.0. The van der Waals surface area contributed by atoms with Gasteiger partial charge in [-0.15, -0.1) is 0 Å². The molecule has 5 heteroatoms. The van der Waals surface area contributed by atoms with E-state index in [4.69, 9.17) is 9.15 Å². The van der Waals surface area contributed by atoms with Crippen LogP contribution in [0.25, 0.3) is 44.2 Å². The molecule has 65 heavy (non-hydrogen) atoms. The van der Waals surface area contributed by atoms with Gasteiger partial charge in [0.2, 0.25) is 0 Å². The first-order valence-electron chi connectivity index (χ1n) is 21.9. The largest absolute Gasteiger partial charge is 0.456 e. The molecule has 0 aliphatic carbocycles. The topological polar surface area (TPSA) is 32.1 Å². The number of fused-ring (bicyclic) bond motifs is 5. The Labute approximate surface area is 377 Å². The number of ether oxygens (including phenoxy) is 1. The zero-order valence-electron chi connectivity index (χ0n) is 35.3. The molecule has 10 aromatic carbocycles. The van der Waals surface area contributed by atoms with Crippen molar-refractivity contribution >= 4 is 73.1 Å². The highest BCUT2D eigenvalue weighted by molar-refractivity contribution is 6.06. The maximum atomic E-state index is 6.53. The molecule has 0 fully saturated rings. The zero-order chi connectivity index (χ0) is 43.1. The van der Waals surface area contributed by atoms with E-state index in [0.717, 1.165) is 101 Å². The standard InChI is InChI=1S/C60H41N3O2/c1-4-16-42(17-5-1)43-28-33-48(34-29-43)62(49-35-30-44(31-36-49)45-32-37-58-54(38-45)53-22-10-13-25-57(53)64-58)51-39-50(61(46-18-6-2-7-19-46)47-20-8-3-9-21-47)40-52(41-51)63-55-23-11-14-26-59(55)65-60-27-15-12-24-56(60)63/h1-41H. The Kier molecular flexibility index (Phi) is 9.42. The van der Waals surface area contributed by atoms with Crippen LogP contribution in [0.3, 0.4) is 0 Å². The normalized spacial score (nSPS) is 11.8. The van der Waals surface area contributed by atoms with Gasteiger partial charge in [0.05, 0.1) is 28.4 Å². The van der Waals surface area contributed by atoms with Gasteiger partial charge in [-0.2, -0.15) is 0 Å². The number of benzene rings is 10. The fraction of sp³-hybridized carbons (Fsp3) is 0. The van der Waals surface area contributed by atoms with Crippen molar-refractivity contribution in [3.8, 4) is 33.8 Å². The van der Waals surface area contributed by atoms with Gasteiger partial charge in [-0.05, 0) is 131 Å². The predicted octanol–water partition coefficient (Wildman–Crippen LogP) is 17.4. The van der Waals surface area contributed by atoms with E-state index in [2.05, 4.69) is 227 Å². The summed E-state index contributed by atoms with van der Waals surface area (Å²) in [5, 5.41) is 2.23. The van der Waals surface area contributed by atoms with E-state index in [1.807, 2.05) is 36.4 Å². The quantitative estimate of drug-likeness (QED) is 0.145. The Hall–Kier alpha value is -8.80. The van der Waals surface area contributed by atoms with Crippen LogP contribution < -0.4 is 19.4 Å². The molecule has 11 aromatic rings. The van der Waals surface area contributed by atoms with E-state index in [-0.39, 0.29) is 0 Å². The molecular formula is C60H41N3O2. The van der Waals surface area contributed by atoms with Crippen LogP contribution in [-0.2, 0) is 0 Å². The summed E-state index contributed by atoms with van der Waals surface area (Å²) in [7, 11) is 0. The molecule has 2 heterocycles. The van der Waals surface area contributed by atoms with Crippen LogP contribution >= 0.6 is 0 Å². The summed E-state index contributed by atoms with van der Waals surface area (Å²) in [5.74, 6) is 1.60. The molecule has 0 atom stereocenters. The van der Waals surface area contributed by atoms with Crippen molar-refractivity contribution in [2.75, 3.05) is 14.7 Å². The fourth-order valence-corrected chi connectivity index (χ4v) is 9.14. The van der Waals surface area contributed by atoms with Gasteiger partial charge in [0.25, 0.3) is 0 Å². The first-order chi connectivity index (χ1) is 32.2. The molecule has 0 saturated heterocycles. The summed E-state index contributed by atoms with van der Waals surface area (Å²) in [6.45, 7) is 0. The van der Waals surface area contributed by atoms with E-state index >= 15 is 0 Å². The average Bonchev–Trinajstić information content (AvgIpc) is 3.75. The number of para-hydroxylation sites is 7. The zero-order valence-corrected chi connectivity index (χ0v) is 35.3. The van der Waals surface area contributed by atoms with Crippen molar-refractivity contribution in [3.63, 3.8) is 0 Å². The summed E-state index contributed by atoms with van der Waals surface area (Å²) < 4.78 is 12.7. The van der Waals surface area contributed by atoms with Gasteiger partial charge in [-0.25, -0.2) is 0 Å². The third-order valence-electron chi connectivity index (χ3n) is 12.2. The second kappa shape index (κ2) is 16.2. The second-order valence-electron chi connectivity index (χ2n) is 16.2. The molecule has 1 aromatic heterocycles. The summed E-state index contributed by atoms with van der Waals surface area (Å²) in [4.78, 5) is 7.02. The number of rotatable bonds is 9. The van der Waals surface area contributed by atoms with Crippen molar-refractivity contribution in [1.82, 2.24) is 0 Å². The first kappa shape index (κ1) is 37.9. The molecule has 0 bridgehead atoms. The number of hydrogen-bond donors (Lipinski definition) is 0. The molecule has 0 saturated carbocycles. The molecular weight excluding hydrogens is 795 g/mol. The Bertz CT molecular complexity index is 3370.